The van der Waals surface area contributed by atoms with Crippen LogP contribution in [0.1, 0.15) is 12.0 Å². The van der Waals surface area contributed by atoms with Gasteiger partial charge in [0.05, 0.1) is 11.3 Å². The maximum atomic E-state index is 11.7. The molecule has 0 fully saturated rings. The zero-order valence-corrected chi connectivity index (χ0v) is 10.4. The summed E-state index contributed by atoms with van der Waals surface area (Å²) in [4.78, 5) is 13.4. The van der Waals surface area contributed by atoms with Gasteiger partial charge in [0, 0.05) is 12.2 Å². The van der Waals surface area contributed by atoms with Crippen molar-refractivity contribution in [3.8, 4) is 12.3 Å². The van der Waals surface area contributed by atoms with Crippen LogP contribution in [0.2, 0.25) is 0 Å². The van der Waals surface area contributed by atoms with E-state index in [4.69, 9.17) is 11.6 Å². The molecule has 1 amide bonds. The number of sulfonamides is 1. The number of amides is 1. The molecule has 0 bridgehead atoms. The third kappa shape index (κ3) is 2.23. The van der Waals surface area contributed by atoms with Crippen LogP contribution in [0, 0.1) is 12.3 Å². The Hall–Kier alpha value is -1.84. The predicted octanol–water partition coefficient (Wildman–Crippen LogP) is 0.246. The van der Waals surface area contributed by atoms with Crippen molar-refractivity contribution in [2.75, 3.05) is 11.4 Å². The van der Waals surface area contributed by atoms with E-state index < -0.39 is 10.0 Å². The summed E-state index contributed by atoms with van der Waals surface area (Å²) in [6.07, 6.45) is 5.75. The number of hydrogen-bond acceptors (Lipinski definition) is 3. The number of rotatable bonds is 2. The van der Waals surface area contributed by atoms with E-state index in [1.165, 1.54) is 12.1 Å². The lowest BCUT2D eigenvalue weighted by Gasteiger charge is -2.15. The van der Waals surface area contributed by atoms with Crippen LogP contribution in [-0.4, -0.2) is 20.9 Å². The molecule has 94 valence electrons. The lowest BCUT2D eigenvalue weighted by atomic mass is 10.2. The van der Waals surface area contributed by atoms with E-state index in [-0.39, 0.29) is 17.2 Å². The van der Waals surface area contributed by atoms with Gasteiger partial charge in [0.1, 0.15) is 0 Å². The molecule has 1 aromatic rings. The molecule has 18 heavy (non-hydrogen) atoms. The van der Waals surface area contributed by atoms with Gasteiger partial charge in [-0.15, -0.1) is 6.42 Å². The first-order valence-corrected chi connectivity index (χ1v) is 6.87. The van der Waals surface area contributed by atoms with Gasteiger partial charge in [-0.1, -0.05) is 5.92 Å². The van der Waals surface area contributed by atoms with E-state index >= 15 is 0 Å². The summed E-state index contributed by atoms with van der Waals surface area (Å²) >= 11 is 0. The zero-order chi connectivity index (χ0) is 13.3. The average Bonchev–Trinajstić information content (AvgIpc) is 2.70. The highest BCUT2D eigenvalue weighted by Crippen LogP contribution is 2.30. The number of hydrogen-bond donors (Lipinski definition) is 1. The molecule has 0 unspecified atom stereocenters. The van der Waals surface area contributed by atoms with Crippen LogP contribution in [0.15, 0.2) is 23.1 Å². The van der Waals surface area contributed by atoms with Crippen LogP contribution in [0.25, 0.3) is 0 Å². The Morgan fingerprint density at radius 3 is 2.83 bits per heavy atom. The number of terminal acetylenes is 1. The molecule has 0 spiro atoms. The van der Waals surface area contributed by atoms with Gasteiger partial charge >= 0.3 is 0 Å². The number of anilines is 1. The average molecular weight is 264 g/mol. The molecule has 2 rings (SSSR count). The molecule has 0 atom stereocenters. The first-order chi connectivity index (χ1) is 8.43. The quantitative estimate of drug-likeness (QED) is 0.777. The standard InChI is InChI=1S/C12H12N2O3S/c1-2-3-12(15)14-7-6-9-8-10(18(13,16)17)4-5-11(9)14/h1,4-5,8H,3,6-7H2,(H2,13,16,17). The summed E-state index contributed by atoms with van der Waals surface area (Å²) in [5.74, 6) is 2.15. The highest BCUT2D eigenvalue weighted by atomic mass is 32.2. The van der Waals surface area contributed by atoms with E-state index in [9.17, 15) is 13.2 Å². The summed E-state index contributed by atoms with van der Waals surface area (Å²) < 4.78 is 22.4. The minimum Gasteiger partial charge on any atom is -0.311 e. The predicted molar refractivity (Wildman–Crippen MR) is 67.3 cm³/mol. The Balaban J connectivity index is 2.37. The number of primary sulfonamides is 1. The molecule has 1 heterocycles. The molecule has 0 saturated heterocycles. The minimum absolute atomic E-state index is 0.0381. The van der Waals surface area contributed by atoms with Crippen molar-refractivity contribution in [2.24, 2.45) is 5.14 Å². The molecule has 0 saturated carbocycles. The molecular formula is C12H12N2O3S. The summed E-state index contributed by atoms with van der Waals surface area (Å²) in [7, 11) is -3.71. The first kappa shape index (κ1) is 12.6. The van der Waals surface area contributed by atoms with Crippen molar-refractivity contribution < 1.29 is 13.2 Å². The van der Waals surface area contributed by atoms with Crippen LogP contribution in [0.5, 0.6) is 0 Å². The van der Waals surface area contributed by atoms with Gasteiger partial charge in [0.25, 0.3) is 0 Å². The summed E-state index contributed by atoms with van der Waals surface area (Å²) in [6.45, 7) is 0.518. The minimum atomic E-state index is -3.71. The molecule has 1 aliphatic rings. The summed E-state index contributed by atoms with van der Waals surface area (Å²) in [6, 6.07) is 4.50. The van der Waals surface area contributed by atoms with E-state index in [1.54, 1.807) is 11.0 Å². The lowest BCUT2D eigenvalue weighted by Crippen LogP contribution is -2.28. The highest BCUT2D eigenvalue weighted by Gasteiger charge is 2.25. The largest absolute Gasteiger partial charge is 0.311 e. The SMILES string of the molecule is C#CCC(=O)N1CCc2cc(S(N)(=O)=O)ccc21. The van der Waals surface area contributed by atoms with Crippen molar-refractivity contribution in [1.82, 2.24) is 0 Å². The second kappa shape index (κ2) is 4.44. The number of nitrogens with two attached hydrogens (primary N) is 1. The van der Waals surface area contributed by atoms with E-state index in [0.717, 1.165) is 5.56 Å². The Kier molecular flexibility index (Phi) is 3.11. The first-order valence-electron chi connectivity index (χ1n) is 5.33. The van der Waals surface area contributed by atoms with Crippen molar-refractivity contribution in [3.63, 3.8) is 0 Å². The van der Waals surface area contributed by atoms with Gasteiger partial charge in [0.2, 0.25) is 15.9 Å². The maximum absolute atomic E-state index is 11.7. The van der Waals surface area contributed by atoms with E-state index in [2.05, 4.69) is 5.92 Å². The van der Waals surface area contributed by atoms with E-state index in [0.29, 0.717) is 18.7 Å². The van der Waals surface area contributed by atoms with Crippen molar-refractivity contribution in [1.29, 1.82) is 0 Å². The van der Waals surface area contributed by atoms with Crippen LogP contribution in [-0.2, 0) is 21.2 Å². The molecule has 2 N–H and O–H groups in total. The molecule has 6 heteroatoms. The monoisotopic (exact) mass is 264 g/mol. The van der Waals surface area contributed by atoms with Crippen LogP contribution >= 0.6 is 0 Å². The number of nitrogens with zero attached hydrogens (tertiary/aromatic N) is 1. The summed E-state index contributed by atoms with van der Waals surface area (Å²) in [5.41, 5.74) is 1.51. The Morgan fingerprint density at radius 2 is 2.22 bits per heavy atom. The van der Waals surface area contributed by atoms with Gasteiger partial charge in [-0.3, -0.25) is 4.79 Å². The van der Waals surface area contributed by atoms with Crippen molar-refractivity contribution in [3.05, 3.63) is 23.8 Å². The Bertz CT molecular complexity index is 644. The van der Waals surface area contributed by atoms with Gasteiger partial charge in [-0.25, -0.2) is 13.6 Å². The Labute approximate surface area is 106 Å². The second-order valence-corrected chi connectivity index (χ2v) is 5.57. The fourth-order valence-electron chi connectivity index (χ4n) is 2.00. The van der Waals surface area contributed by atoms with Gasteiger partial charge in [-0.2, -0.15) is 0 Å². The van der Waals surface area contributed by atoms with Crippen LogP contribution < -0.4 is 10.0 Å². The van der Waals surface area contributed by atoms with E-state index in [1.807, 2.05) is 0 Å². The third-order valence-corrected chi connectivity index (χ3v) is 3.74. The molecular weight excluding hydrogens is 252 g/mol. The van der Waals surface area contributed by atoms with Crippen LogP contribution in [0.3, 0.4) is 0 Å². The molecule has 5 nitrogen and oxygen atoms in total. The highest BCUT2D eigenvalue weighted by molar-refractivity contribution is 7.89. The van der Waals surface area contributed by atoms with Gasteiger partial charge < -0.3 is 4.90 Å². The smallest absolute Gasteiger partial charge is 0.239 e. The van der Waals surface area contributed by atoms with Crippen molar-refractivity contribution in [2.45, 2.75) is 17.7 Å². The normalized spacial score (nSPS) is 14.1. The number of carbonyl (C=O) groups is 1. The summed E-state index contributed by atoms with van der Waals surface area (Å²) in [5, 5.41) is 5.06. The lowest BCUT2D eigenvalue weighted by molar-refractivity contribution is -0.117. The maximum Gasteiger partial charge on any atom is 0.239 e. The van der Waals surface area contributed by atoms with Crippen molar-refractivity contribution >= 4 is 21.6 Å². The second-order valence-electron chi connectivity index (χ2n) is 4.01. The van der Waals surface area contributed by atoms with Gasteiger partial charge in [-0.05, 0) is 30.2 Å². The number of benzene rings is 1. The molecule has 1 aliphatic heterocycles. The fraction of sp³-hybridized carbons (Fsp3) is 0.250. The molecule has 0 aromatic heterocycles. The Morgan fingerprint density at radius 1 is 1.50 bits per heavy atom. The topological polar surface area (TPSA) is 80.5 Å². The zero-order valence-electron chi connectivity index (χ0n) is 9.59. The number of fused-ring (bicyclic) bond motifs is 1. The molecule has 0 radical (unpaired) electrons. The molecule has 0 aliphatic carbocycles. The molecule has 1 aromatic carbocycles. The number of carbonyl (C=O) groups excluding carboxylic acids is 1. The third-order valence-electron chi connectivity index (χ3n) is 2.83. The van der Waals surface area contributed by atoms with Crippen LogP contribution in [0.4, 0.5) is 5.69 Å². The fourth-order valence-corrected chi connectivity index (χ4v) is 2.56. The van der Waals surface area contributed by atoms with Gasteiger partial charge in [0.15, 0.2) is 0 Å².